The first kappa shape index (κ1) is 21.3. The molecule has 0 spiro atoms. The average Bonchev–Trinajstić information content (AvgIpc) is 2.69. The molecule has 6 heteroatoms. The van der Waals surface area contributed by atoms with E-state index in [1.165, 1.54) is 0 Å². The van der Waals surface area contributed by atoms with Crippen molar-refractivity contribution in [3.63, 3.8) is 0 Å². The topological polar surface area (TPSA) is 68.8 Å². The molecule has 0 atom stereocenters. The van der Waals surface area contributed by atoms with Crippen molar-refractivity contribution < 1.29 is 19.0 Å². The normalized spacial score (nSPS) is 10.2. The van der Waals surface area contributed by atoms with Gasteiger partial charge in [0.15, 0.2) is 0 Å². The fourth-order valence-corrected chi connectivity index (χ4v) is 2.33. The zero-order valence-electron chi connectivity index (χ0n) is 16.5. The van der Waals surface area contributed by atoms with E-state index < -0.39 is 0 Å². The standard InChI is InChI=1S/C22H28N2O4/c1-4-26-12-13-27-21-11-6-5-10-20(21)24-22(25)15-23-18-8-7-9-19(14-18)28-16-17(2)3/h5-11,14,23H,2,4,12-13,15-16H2,1,3H3,(H,24,25). The number of nitrogens with one attached hydrogen (secondary N) is 2. The smallest absolute Gasteiger partial charge is 0.243 e. The maximum atomic E-state index is 12.3. The maximum Gasteiger partial charge on any atom is 0.243 e. The van der Waals surface area contributed by atoms with E-state index in [0.717, 1.165) is 17.0 Å². The molecule has 0 fully saturated rings. The molecule has 0 bridgehead atoms. The molecule has 6 nitrogen and oxygen atoms in total. The summed E-state index contributed by atoms with van der Waals surface area (Å²) in [4.78, 5) is 12.3. The molecule has 2 rings (SSSR count). The van der Waals surface area contributed by atoms with E-state index in [2.05, 4.69) is 17.2 Å². The minimum atomic E-state index is -0.172. The minimum Gasteiger partial charge on any atom is -0.489 e. The van der Waals surface area contributed by atoms with Gasteiger partial charge in [-0.2, -0.15) is 0 Å². The number of carbonyl (C=O) groups is 1. The molecule has 0 heterocycles. The maximum absolute atomic E-state index is 12.3. The first-order valence-corrected chi connectivity index (χ1v) is 9.29. The first-order chi connectivity index (χ1) is 13.6. The third-order valence-corrected chi connectivity index (χ3v) is 3.62. The summed E-state index contributed by atoms with van der Waals surface area (Å²) >= 11 is 0. The average molecular weight is 384 g/mol. The van der Waals surface area contributed by atoms with Crippen LogP contribution in [0.4, 0.5) is 11.4 Å². The lowest BCUT2D eigenvalue weighted by molar-refractivity contribution is -0.114. The number of hydrogen-bond donors (Lipinski definition) is 2. The zero-order valence-corrected chi connectivity index (χ0v) is 16.5. The van der Waals surface area contributed by atoms with Crippen LogP contribution >= 0.6 is 0 Å². The molecule has 0 aromatic heterocycles. The highest BCUT2D eigenvalue weighted by Crippen LogP contribution is 2.23. The summed E-state index contributed by atoms with van der Waals surface area (Å²) in [6.45, 7) is 9.82. The van der Waals surface area contributed by atoms with Crippen molar-refractivity contribution in [2.45, 2.75) is 13.8 Å². The lowest BCUT2D eigenvalue weighted by Gasteiger charge is -2.13. The van der Waals surface area contributed by atoms with Gasteiger partial charge in [0, 0.05) is 18.4 Å². The van der Waals surface area contributed by atoms with E-state index in [-0.39, 0.29) is 12.5 Å². The SMILES string of the molecule is C=C(C)COc1cccc(NCC(=O)Nc2ccccc2OCCOCC)c1. The van der Waals surface area contributed by atoms with Crippen LogP contribution in [0.2, 0.25) is 0 Å². The molecule has 28 heavy (non-hydrogen) atoms. The summed E-state index contributed by atoms with van der Waals surface area (Å²) in [6.07, 6.45) is 0. The van der Waals surface area contributed by atoms with Gasteiger partial charge in [0.2, 0.25) is 5.91 Å². The Labute approximate surface area is 166 Å². The van der Waals surface area contributed by atoms with E-state index in [1.807, 2.05) is 56.3 Å². The largest absolute Gasteiger partial charge is 0.489 e. The van der Waals surface area contributed by atoms with Gasteiger partial charge in [-0.15, -0.1) is 0 Å². The number of rotatable bonds is 12. The molecule has 2 N–H and O–H groups in total. The summed E-state index contributed by atoms with van der Waals surface area (Å²) in [5, 5.41) is 5.96. The van der Waals surface area contributed by atoms with Crippen molar-refractivity contribution in [2.75, 3.05) is 43.6 Å². The third-order valence-electron chi connectivity index (χ3n) is 3.62. The Balaban J connectivity index is 1.86. The Morgan fingerprint density at radius 2 is 1.89 bits per heavy atom. The van der Waals surface area contributed by atoms with Crippen LogP contribution in [0.3, 0.4) is 0 Å². The fourth-order valence-electron chi connectivity index (χ4n) is 2.33. The van der Waals surface area contributed by atoms with Crippen LogP contribution < -0.4 is 20.1 Å². The summed E-state index contributed by atoms with van der Waals surface area (Å²) < 4.78 is 16.6. The number of para-hydroxylation sites is 2. The van der Waals surface area contributed by atoms with Gasteiger partial charge >= 0.3 is 0 Å². The minimum absolute atomic E-state index is 0.122. The van der Waals surface area contributed by atoms with E-state index in [4.69, 9.17) is 14.2 Å². The second kappa shape index (κ2) is 11.7. The lowest BCUT2D eigenvalue weighted by Crippen LogP contribution is -2.22. The van der Waals surface area contributed by atoms with Gasteiger partial charge in [0.1, 0.15) is 24.7 Å². The first-order valence-electron chi connectivity index (χ1n) is 9.29. The molecular formula is C22H28N2O4. The number of carbonyl (C=O) groups excluding carboxylic acids is 1. The molecule has 150 valence electrons. The molecule has 0 aliphatic carbocycles. The zero-order chi connectivity index (χ0) is 20.2. The fraction of sp³-hybridized carbons (Fsp3) is 0.318. The number of benzene rings is 2. The third kappa shape index (κ3) is 7.72. The van der Waals surface area contributed by atoms with Gasteiger partial charge in [0.25, 0.3) is 0 Å². The Hall–Kier alpha value is -2.99. The Morgan fingerprint density at radius 1 is 1.07 bits per heavy atom. The summed E-state index contributed by atoms with van der Waals surface area (Å²) in [7, 11) is 0. The van der Waals surface area contributed by atoms with Crippen molar-refractivity contribution in [2.24, 2.45) is 0 Å². The Bertz CT molecular complexity index is 777. The van der Waals surface area contributed by atoms with Crippen molar-refractivity contribution in [3.8, 4) is 11.5 Å². The van der Waals surface area contributed by atoms with E-state index in [0.29, 0.717) is 37.9 Å². The van der Waals surface area contributed by atoms with Gasteiger partial charge in [0.05, 0.1) is 18.8 Å². The van der Waals surface area contributed by atoms with Gasteiger partial charge in [-0.3, -0.25) is 4.79 Å². The molecule has 0 saturated carbocycles. The van der Waals surface area contributed by atoms with Crippen LogP contribution in [-0.2, 0) is 9.53 Å². The molecular weight excluding hydrogens is 356 g/mol. The van der Waals surface area contributed by atoms with Crippen molar-refractivity contribution in [3.05, 3.63) is 60.7 Å². The monoisotopic (exact) mass is 384 g/mol. The second-order valence-corrected chi connectivity index (χ2v) is 6.22. The molecule has 0 aliphatic heterocycles. The Kier molecular flexibility index (Phi) is 8.88. The number of ether oxygens (including phenoxy) is 3. The molecule has 1 amide bonds. The van der Waals surface area contributed by atoms with E-state index in [9.17, 15) is 4.79 Å². The molecule has 0 radical (unpaired) electrons. The quantitative estimate of drug-likeness (QED) is 0.426. The molecule has 2 aromatic carbocycles. The predicted octanol–water partition coefficient (Wildman–Crippen LogP) is 4.11. The lowest BCUT2D eigenvalue weighted by atomic mass is 10.2. The number of amides is 1. The summed E-state index contributed by atoms with van der Waals surface area (Å²) in [5.74, 6) is 1.17. The Morgan fingerprint density at radius 3 is 2.68 bits per heavy atom. The summed E-state index contributed by atoms with van der Waals surface area (Å²) in [5.41, 5.74) is 2.37. The van der Waals surface area contributed by atoms with Crippen molar-refractivity contribution in [1.29, 1.82) is 0 Å². The van der Waals surface area contributed by atoms with Crippen LogP contribution in [0.5, 0.6) is 11.5 Å². The molecule has 0 unspecified atom stereocenters. The number of hydrogen-bond acceptors (Lipinski definition) is 5. The molecule has 0 saturated heterocycles. The van der Waals surface area contributed by atoms with Gasteiger partial charge in [-0.05, 0) is 43.7 Å². The van der Waals surface area contributed by atoms with E-state index >= 15 is 0 Å². The van der Waals surface area contributed by atoms with Gasteiger partial charge < -0.3 is 24.8 Å². The highest BCUT2D eigenvalue weighted by Gasteiger charge is 2.08. The van der Waals surface area contributed by atoms with Crippen LogP contribution in [0.15, 0.2) is 60.7 Å². The van der Waals surface area contributed by atoms with Crippen molar-refractivity contribution >= 4 is 17.3 Å². The van der Waals surface area contributed by atoms with Gasteiger partial charge in [-0.1, -0.05) is 24.8 Å². The predicted molar refractivity (Wildman–Crippen MR) is 112 cm³/mol. The van der Waals surface area contributed by atoms with E-state index in [1.54, 1.807) is 6.07 Å². The van der Waals surface area contributed by atoms with Crippen LogP contribution in [-0.4, -0.2) is 38.9 Å². The second-order valence-electron chi connectivity index (χ2n) is 6.22. The van der Waals surface area contributed by atoms with Gasteiger partial charge in [-0.25, -0.2) is 0 Å². The summed E-state index contributed by atoms with van der Waals surface area (Å²) in [6, 6.07) is 14.8. The van der Waals surface area contributed by atoms with Crippen LogP contribution in [0.25, 0.3) is 0 Å². The van der Waals surface area contributed by atoms with Crippen molar-refractivity contribution in [1.82, 2.24) is 0 Å². The number of anilines is 2. The molecule has 0 aliphatic rings. The molecule has 2 aromatic rings. The van der Waals surface area contributed by atoms with Crippen LogP contribution in [0.1, 0.15) is 13.8 Å². The highest BCUT2D eigenvalue weighted by atomic mass is 16.5. The highest BCUT2D eigenvalue weighted by molar-refractivity contribution is 5.95. The van der Waals surface area contributed by atoms with Crippen LogP contribution in [0, 0.1) is 0 Å².